The van der Waals surface area contributed by atoms with E-state index < -0.39 is 0 Å². The fraction of sp³-hybridized carbons (Fsp3) is 0.333. The van der Waals surface area contributed by atoms with Crippen LogP contribution in [0.15, 0.2) is 36.4 Å². The SMILES string of the molecule is CC1(C)CC(/C=C/c2cc3ccccc3s2)O1. The molecule has 1 aliphatic rings. The molecule has 0 spiro atoms. The number of hydrogen-bond donors (Lipinski definition) is 0. The van der Waals surface area contributed by atoms with Gasteiger partial charge in [-0.05, 0) is 37.4 Å². The van der Waals surface area contributed by atoms with E-state index in [2.05, 4.69) is 56.3 Å². The van der Waals surface area contributed by atoms with Gasteiger partial charge in [0, 0.05) is 16.0 Å². The number of ether oxygens (including phenoxy) is 1. The second-order valence-electron chi connectivity index (χ2n) is 5.17. The molecule has 1 unspecified atom stereocenters. The van der Waals surface area contributed by atoms with Crippen LogP contribution >= 0.6 is 11.3 Å². The van der Waals surface area contributed by atoms with Gasteiger partial charge in [-0.2, -0.15) is 0 Å². The second kappa shape index (κ2) is 3.97. The average Bonchev–Trinajstić information content (AvgIpc) is 2.65. The third kappa shape index (κ3) is 2.28. The predicted molar refractivity (Wildman–Crippen MR) is 74.4 cm³/mol. The Balaban J connectivity index is 1.75. The van der Waals surface area contributed by atoms with Crippen molar-refractivity contribution in [3.63, 3.8) is 0 Å². The third-order valence-electron chi connectivity index (χ3n) is 3.08. The van der Waals surface area contributed by atoms with E-state index in [0.29, 0.717) is 6.10 Å². The first-order valence-electron chi connectivity index (χ1n) is 5.97. The van der Waals surface area contributed by atoms with Crippen molar-refractivity contribution in [2.75, 3.05) is 0 Å². The maximum absolute atomic E-state index is 5.74. The number of thiophene rings is 1. The van der Waals surface area contributed by atoms with Crippen LogP contribution in [-0.4, -0.2) is 11.7 Å². The molecular formula is C15H16OS. The summed E-state index contributed by atoms with van der Waals surface area (Å²) in [6, 6.07) is 10.7. The fourth-order valence-electron chi connectivity index (χ4n) is 2.28. The molecule has 0 aliphatic carbocycles. The number of rotatable bonds is 2. The van der Waals surface area contributed by atoms with Crippen molar-refractivity contribution in [1.82, 2.24) is 0 Å². The molecule has 3 rings (SSSR count). The standard InChI is InChI=1S/C15H16OS/c1-15(2)10-12(16-15)7-8-13-9-11-5-3-4-6-14(11)17-13/h3-9,12H,10H2,1-2H3/b8-7+. The van der Waals surface area contributed by atoms with Gasteiger partial charge in [-0.15, -0.1) is 11.3 Å². The van der Waals surface area contributed by atoms with Crippen LogP contribution in [0.1, 0.15) is 25.1 Å². The molecule has 88 valence electrons. The van der Waals surface area contributed by atoms with E-state index in [9.17, 15) is 0 Å². The minimum atomic E-state index is 0.0785. The summed E-state index contributed by atoms with van der Waals surface area (Å²) in [7, 11) is 0. The lowest BCUT2D eigenvalue weighted by Crippen LogP contribution is -2.44. The van der Waals surface area contributed by atoms with Crippen LogP contribution in [0.3, 0.4) is 0 Å². The van der Waals surface area contributed by atoms with Crippen LogP contribution in [0.2, 0.25) is 0 Å². The van der Waals surface area contributed by atoms with Crippen molar-refractivity contribution in [1.29, 1.82) is 0 Å². The highest BCUT2D eigenvalue weighted by atomic mass is 32.1. The Morgan fingerprint density at radius 1 is 1.35 bits per heavy atom. The van der Waals surface area contributed by atoms with E-state index in [4.69, 9.17) is 4.74 Å². The summed E-state index contributed by atoms with van der Waals surface area (Å²) >= 11 is 1.83. The van der Waals surface area contributed by atoms with E-state index in [0.717, 1.165) is 6.42 Å². The molecule has 1 aromatic heterocycles. The quantitative estimate of drug-likeness (QED) is 0.756. The number of hydrogen-bond acceptors (Lipinski definition) is 2. The van der Waals surface area contributed by atoms with Gasteiger partial charge >= 0.3 is 0 Å². The molecule has 1 nitrogen and oxygen atoms in total. The number of fused-ring (bicyclic) bond motifs is 1. The average molecular weight is 244 g/mol. The van der Waals surface area contributed by atoms with Crippen molar-refractivity contribution < 1.29 is 4.74 Å². The molecule has 2 aromatic rings. The molecule has 0 radical (unpaired) electrons. The van der Waals surface area contributed by atoms with Gasteiger partial charge in [0.1, 0.15) is 0 Å². The third-order valence-corrected chi connectivity index (χ3v) is 4.16. The Kier molecular flexibility index (Phi) is 2.57. The van der Waals surface area contributed by atoms with E-state index in [1.54, 1.807) is 0 Å². The Bertz CT molecular complexity index is 524. The molecule has 0 bridgehead atoms. The summed E-state index contributed by atoms with van der Waals surface area (Å²) < 4.78 is 7.09. The lowest BCUT2D eigenvalue weighted by Gasteiger charge is -2.41. The summed E-state index contributed by atoms with van der Waals surface area (Å²) in [5.41, 5.74) is 0.0785. The zero-order valence-corrected chi connectivity index (χ0v) is 11.0. The maximum atomic E-state index is 5.74. The normalized spacial score (nSPS) is 23.1. The molecule has 0 N–H and O–H groups in total. The first-order valence-corrected chi connectivity index (χ1v) is 6.79. The van der Waals surface area contributed by atoms with E-state index in [1.165, 1.54) is 15.0 Å². The molecule has 2 heterocycles. The highest BCUT2D eigenvalue weighted by molar-refractivity contribution is 7.19. The highest BCUT2D eigenvalue weighted by Crippen LogP contribution is 2.33. The van der Waals surface area contributed by atoms with Crippen LogP contribution in [0.4, 0.5) is 0 Å². The monoisotopic (exact) mass is 244 g/mol. The molecule has 17 heavy (non-hydrogen) atoms. The Morgan fingerprint density at radius 2 is 2.12 bits per heavy atom. The van der Waals surface area contributed by atoms with Gasteiger partial charge in [-0.1, -0.05) is 24.3 Å². The van der Waals surface area contributed by atoms with Gasteiger partial charge < -0.3 is 4.74 Å². The highest BCUT2D eigenvalue weighted by Gasteiger charge is 2.35. The second-order valence-corrected chi connectivity index (χ2v) is 6.28. The molecule has 1 saturated heterocycles. The van der Waals surface area contributed by atoms with Crippen LogP contribution in [0, 0.1) is 0 Å². The first kappa shape index (κ1) is 11.0. The Hall–Kier alpha value is -1.12. The van der Waals surface area contributed by atoms with Gasteiger partial charge in [0.2, 0.25) is 0 Å². The molecule has 0 saturated carbocycles. The maximum Gasteiger partial charge on any atom is 0.0793 e. The minimum Gasteiger partial charge on any atom is -0.368 e. The Morgan fingerprint density at radius 3 is 2.82 bits per heavy atom. The molecule has 1 atom stereocenters. The van der Waals surface area contributed by atoms with Crippen LogP contribution in [-0.2, 0) is 4.74 Å². The zero-order chi connectivity index (χ0) is 11.9. The first-order chi connectivity index (χ1) is 8.12. The van der Waals surface area contributed by atoms with Gasteiger partial charge in [0.05, 0.1) is 11.7 Å². The summed E-state index contributed by atoms with van der Waals surface area (Å²) in [6.07, 6.45) is 5.78. The lowest BCUT2D eigenvalue weighted by molar-refractivity contribution is -0.161. The van der Waals surface area contributed by atoms with Gasteiger partial charge in [0.25, 0.3) is 0 Å². The summed E-state index contributed by atoms with van der Waals surface area (Å²) in [5, 5.41) is 1.33. The van der Waals surface area contributed by atoms with E-state index in [1.807, 2.05) is 11.3 Å². The largest absolute Gasteiger partial charge is 0.368 e. The topological polar surface area (TPSA) is 9.23 Å². The van der Waals surface area contributed by atoms with Crippen molar-refractivity contribution in [2.45, 2.75) is 32.0 Å². The van der Waals surface area contributed by atoms with E-state index >= 15 is 0 Å². The molecule has 0 amide bonds. The fourth-order valence-corrected chi connectivity index (χ4v) is 3.26. The van der Waals surface area contributed by atoms with Crippen LogP contribution in [0.25, 0.3) is 16.2 Å². The van der Waals surface area contributed by atoms with Crippen molar-refractivity contribution >= 4 is 27.5 Å². The molecule has 1 aromatic carbocycles. The predicted octanol–water partition coefficient (Wildman–Crippen LogP) is 4.48. The van der Waals surface area contributed by atoms with Gasteiger partial charge in [-0.3, -0.25) is 0 Å². The molecule has 1 aliphatic heterocycles. The minimum absolute atomic E-state index is 0.0785. The Labute approximate surface area is 106 Å². The molecule has 2 heteroatoms. The molecular weight excluding hydrogens is 228 g/mol. The van der Waals surface area contributed by atoms with Gasteiger partial charge in [0.15, 0.2) is 0 Å². The smallest absolute Gasteiger partial charge is 0.0793 e. The molecule has 1 fully saturated rings. The number of benzene rings is 1. The van der Waals surface area contributed by atoms with Gasteiger partial charge in [-0.25, -0.2) is 0 Å². The van der Waals surface area contributed by atoms with Crippen LogP contribution < -0.4 is 0 Å². The summed E-state index contributed by atoms with van der Waals surface area (Å²) in [5.74, 6) is 0. The van der Waals surface area contributed by atoms with Crippen molar-refractivity contribution in [3.8, 4) is 0 Å². The summed E-state index contributed by atoms with van der Waals surface area (Å²) in [4.78, 5) is 1.31. The lowest BCUT2D eigenvalue weighted by atomic mass is 9.93. The summed E-state index contributed by atoms with van der Waals surface area (Å²) in [6.45, 7) is 4.27. The van der Waals surface area contributed by atoms with E-state index in [-0.39, 0.29) is 5.60 Å². The van der Waals surface area contributed by atoms with Crippen LogP contribution in [0.5, 0.6) is 0 Å². The van der Waals surface area contributed by atoms with Crippen molar-refractivity contribution in [2.24, 2.45) is 0 Å². The zero-order valence-electron chi connectivity index (χ0n) is 10.1. The van der Waals surface area contributed by atoms with Crippen molar-refractivity contribution in [3.05, 3.63) is 41.3 Å².